The fourth-order valence-electron chi connectivity index (χ4n) is 2.60. The molecule has 1 unspecified atom stereocenters. The van der Waals surface area contributed by atoms with Crippen LogP contribution < -0.4 is 10.6 Å². The van der Waals surface area contributed by atoms with Crippen LogP contribution in [0, 0.1) is 23.0 Å². The number of anilines is 1. The first-order chi connectivity index (χ1) is 9.41. The number of nitro groups is 1. The number of aromatic nitrogens is 1. The number of hydrogen-bond acceptors (Lipinski definition) is 5. The minimum atomic E-state index is -0.404. The first kappa shape index (κ1) is 15.2. The van der Waals surface area contributed by atoms with E-state index in [-0.39, 0.29) is 11.7 Å². The van der Waals surface area contributed by atoms with Crippen molar-refractivity contribution in [3.63, 3.8) is 0 Å². The monoisotopic (exact) mass is 342 g/mol. The van der Waals surface area contributed by atoms with Crippen LogP contribution in [0.2, 0.25) is 0 Å². The minimum absolute atomic E-state index is 0.0473. The Morgan fingerprint density at radius 1 is 1.55 bits per heavy atom. The highest BCUT2D eigenvalue weighted by atomic mass is 79.9. The Bertz CT molecular complexity index is 513. The van der Waals surface area contributed by atoms with E-state index in [1.807, 2.05) is 6.92 Å². The maximum atomic E-state index is 10.9. The topological polar surface area (TPSA) is 85.3 Å². The van der Waals surface area contributed by atoms with Gasteiger partial charge in [0.2, 0.25) is 0 Å². The van der Waals surface area contributed by atoms with Gasteiger partial charge in [0.25, 0.3) is 5.69 Å². The molecule has 0 saturated carbocycles. The lowest BCUT2D eigenvalue weighted by Crippen LogP contribution is -2.40. The summed E-state index contributed by atoms with van der Waals surface area (Å²) in [6, 6.07) is 0.215. The molecule has 1 fully saturated rings. The Kier molecular flexibility index (Phi) is 4.59. The van der Waals surface area contributed by atoms with Crippen LogP contribution in [0.5, 0.6) is 0 Å². The molecule has 6 nitrogen and oxygen atoms in total. The zero-order valence-corrected chi connectivity index (χ0v) is 13.3. The zero-order chi connectivity index (χ0) is 14.9. The Balaban J connectivity index is 2.19. The summed E-state index contributed by atoms with van der Waals surface area (Å²) in [5.74, 6) is 1.33. The van der Waals surface area contributed by atoms with E-state index in [1.54, 1.807) is 6.92 Å². The Labute approximate surface area is 126 Å². The van der Waals surface area contributed by atoms with Crippen LogP contribution in [0.3, 0.4) is 0 Å². The van der Waals surface area contributed by atoms with E-state index in [4.69, 9.17) is 5.73 Å². The number of piperidine rings is 1. The lowest BCUT2D eigenvalue weighted by Gasteiger charge is -2.35. The number of rotatable bonds is 3. The summed E-state index contributed by atoms with van der Waals surface area (Å²) in [7, 11) is 0. The highest BCUT2D eigenvalue weighted by Crippen LogP contribution is 2.34. The van der Waals surface area contributed by atoms with E-state index >= 15 is 0 Å². The van der Waals surface area contributed by atoms with Crippen molar-refractivity contribution in [1.29, 1.82) is 0 Å². The Hall–Kier alpha value is -1.21. The molecule has 1 aromatic heterocycles. The van der Waals surface area contributed by atoms with Crippen LogP contribution >= 0.6 is 15.9 Å². The van der Waals surface area contributed by atoms with Crippen LogP contribution in [-0.4, -0.2) is 29.0 Å². The van der Waals surface area contributed by atoms with Crippen molar-refractivity contribution < 1.29 is 4.92 Å². The van der Waals surface area contributed by atoms with E-state index in [2.05, 4.69) is 25.8 Å². The molecule has 7 heteroatoms. The van der Waals surface area contributed by atoms with Crippen LogP contribution in [0.1, 0.15) is 25.3 Å². The van der Waals surface area contributed by atoms with Crippen LogP contribution in [0.15, 0.2) is 10.7 Å². The molecular formula is C13H19BrN4O2. The van der Waals surface area contributed by atoms with Gasteiger partial charge in [-0.2, -0.15) is 0 Å². The molecule has 1 aromatic rings. The van der Waals surface area contributed by atoms with Gasteiger partial charge in [-0.1, -0.05) is 0 Å². The summed E-state index contributed by atoms with van der Waals surface area (Å²) < 4.78 is 0.714. The quantitative estimate of drug-likeness (QED) is 0.674. The first-order valence-electron chi connectivity index (χ1n) is 6.71. The lowest BCUT2D eigenvalue weighted by atomic mass is 9.91. The third-order valence-corrected chi connectivity index (χ3v) is 4.95. The number of pyridine rings is 1. The summed E-state index contributed by atoms with van der Waals surface area (Å²) in [5, 5.41) is 10.9. The average molecular weight is 343 g/mol. The molecule has 110 valence electrons. The maximum absolute atomic E-state index is 10.9. The summed E-state index contributed by atoms with van der Waals surface area (Å²) in [6.45, 7) is 5.55. The SMILES string of the molecule is Cc1c([N+](=O)[O-])cnc(N2CCC(C(C)N)CC2)c1Br. The molecule has 2 N–H and O–H groups in total. The van der Waals surface area contributed by atoms with E-state index in [0.717, 1.165) is 31.7 Å². The van der Waals surface area contributed by atoms with E-state index in [0.29, 0.717) is 16.0 Å². The number of nitrogens with two attached hydrogens (primary N) is 1. The molecule has 20 heavy (non-hydrogen) atoms. The second-order valence-electron chi connectivity index (χ2n) is 5.35. The number of halogens is 1. The van der Waals surface area contributed by atoms with E-state index in [1.165, 1.54) is 6.20 Å². The Morgan fingerprint density at radius 2 is 2.15 bits per heavy atom. The van der Waals surface area contributed by atoms with Gasteiger partial charge in [0, 0.05) is 24.7 Å². The van der Waals surface area contributed by atoms with Gasteiger partial charge in [-0.15, -0.1) is 0 Å². The molecule has 2 heterocycles. The molecule has 0 spiro atoms. The van der Waals surface area contributed by atoms with E-state index < -0.39 is 4.92 Å². The highest BCUT2D eigenvalue weighted by Gasteiger charge is 2.26. The minimum Gasteiger partial charge on any atom is -0.356 e. The van der Waals surface area contributed by atoms with Gasteiger partial charge in [-0.25, -0.2) is 4.98 Å². The van der Waals surface area contributed by atoms with Gasteiger partial charge in [0.05, 0.1) is 9.40 Å². The molecule has 0 aliphatic carbocycles. The first-order valence-corrected chi connectivity index (χ1v) is 7.51. The fourth-order valence-corrected chi connectivity index (χ4v) is 3.15. The molecule has 1 aliphatic rings. The lowest BCUT2D eigenvalue weighted by molar-refractivity contribution is -0.385. The molecule has 1 aliphatic heterocycles. The van der Waals surface area contributed by atoms with Gasteiger partial charge in [0.1, 0.15) is 12.0 Å². The van der Waals surface area contributed by atoms with Crippen molar-refractivity contribution in [2.45, 2.75) is 32.7 Å². The summed E-state index contributed by atoms with van der Waals surface area (Å²) in [5.41, 5.74) is 6.61. The largest absolute Gasteiger partial charge is 0.356 e. The van der Waals surface area contributed by atoms with Crippen molar-refractivity contribution in [1.82, 2.24) is 4.98 Å². The molecule has 1 atom stereocenters. The van der Waals surface area contributed by atoms with Crippen LogP contribution in [-0.2, 0) is 0 Å². The fraction of sp³-hybridized carbons (Fsp3) is 0.615. The van der Waals surface area contributed by atoms with Crippen molar-refractivity contribution in [3.05, 3.63) is 26.3 Å². The average Bonchev–Trinajstić information content (AvgIpc) is 2.41. The van der Waals surface area contributed by atoms with Gasteiger partial charge in [0.15, 0.2) is 0 Å². The van der Waals surface area contributed by atoms with Crippen molar-refractivity contribution in [2.75, 3.05) is 18.0 Å². The zero-order valence-electron chi connectivity index (χ0n) is 11.7. The van der Waals surface area contributed by atoms with Crippen molar-refractivity contribution >= 4 is 27.4 Å². The Morgan fingerprint density at radius 3 is 2.65 bits per heavy atom. The van der Waals surface area contributed by atoms with Crippen LogP contribution in [0.25, 0.3) is 0 Å². The molecule has 2 rings (SSSR count). The molecular weight excluding hydrogens is 324 g/mol. The maximum Gasteiger partial charge on any atom is 0.291 e. The predicted molar refractivity (Wildman–Crippen MR) is 81.9 cm³/mol. The van der Waals surface area contributed by atoms with Crippen molar-refractivity contribution in [3.8, 4) is 0 Å². The van der Waals surface area contributed by atoms with E-state index in [9.17, 15) is 10.1 Å². The van der Waals surface area contributed by atoms with Crippen LogP contribution in [0.4, 0.5) is 11.5 Å². The van der Waals surface area contributed by atoms with Gasteiger partial charge in [-0.05, 0) is 48.5 Å². The van der Waals surface area contributed by atoms with Crippen molar-refractivity contribution in [2.24, 2.45) is 11.7 Å². The molecule has 1 saturated heterocycles. The number of hydrogen-bond donors (Lipinski definition) is 1. The summed E-state index contributed by atoms with van der Waals surface area (Å²) >= 11 is 3.45. The molecule has 0 bridgehead atoms. The molecule has 0 aromatic carbocycles. The molecule has 0 radical (unpaired) electrons. The summed E-state index contributed by atoms with van der Waals surface area (Å²) in [4.78, 5) is 16.9. The number of nitrogens with zero attached hydrogens (tertiary/aromatic N) is 3. The molecule has 0 amide bonds. The van der Waals surface area contributed by atoms with Gasteiger partial charge < -0.3 is 10.6 Å². The smallest absolute Gasteiger partial charge is 0.291 e. The van der Waals surface area contributed by atoms with Gasteiger partial charge >= 0.3 is 0 Å². The highest BCUT2D eigenvalue weighted by molar-refractivity contribution is 9.10. The second-order valence-corrected chi connectivity index (χ2v) is 6.14. The normalized spacial score (nSPS) is 18.1. The summed E-state index contributed by atoms with van der Waals surface area (Å²) in [6.07, 6.45) is 3.40. The van der Waals surface area contributed by atoms with Gasteiger partial charge in [-0.3, -0.25) is 10.1 Å². The standard InChI is InChI=1S/C13H19BrN4O2/c1-8-11(18(19)20)7-16-13(12(8)14)17-5-3-10(4-6-17)9(2)15/h7,9-10H,3-6,15H2,1-2H3. The predicted octanol–water partition coefficient (Wildman–Crippen LogP) is 2.62. The third kappa shape index (κ3) is 2.93. The third-order valence-electron chi connectivity index (χ3n) is 4.00. The second kappa shape index (κ2) is 6.05.